The summed E-state index contributed by atoms with van der Waals surface area (Å²) in [4.78, 5) is 10.9. The van der Waals surface area contributed by atoms with Crippen molar-refractivity contribution in [2.45, 2.75) is 11.8 Å². The van der Waals surface area contributed by atoms with Crippen molar-refractivity contribution in [3.05, 3.63) is 34.7 Å². The standard InChI is InChI=1S/C12H13NO4S/c1-2-13-6-9-7-18(16,17)11-5-8(12(14)15)3-4-10(9)11/h3-5,7,13H,2,6H2,1H3,(H,14,15). The van der Waals surface area contributed by atoms with Crippen LogP contribution in [0.4, 0.5) is 0 Å². The Morgan fingerprint density at radius 1 is 1.39 bits per heavy atom. The number of fused-ring (bicyclic) bond motifs is 1. The molecule has 1 aliphatic rings. The van der Waals surface area contributed by atoms with Gasteiger partial charge in [-0.2, -0.15) is 0 Å². The Morgan fingerprint density at radius 2 is 2.11 bits per heavy atom. The zero-order chi connectivity index (χ0) is 13.3. The van der Waals surface area contributed by atoms with Gasteiger partial charge in [0.1, 0.15) is 0 Å². The van der Waals surface area contributed by atoms with E-state index in [-0.39, 0.29) is 10.5 Å². The average Bonchev–Trinajstić information content (AvgIpc) is 2.58. The molecule has 1 aliphatic heterocycles. The van der Waals surface area contributed by atoms with Crippen LogP contribution in [0.15, 0.2) is 28.5 Å². The van der Waals surface area contributed by atoms with Crippen LogP contribution in [0, 0.1) is 0 Å². The van der Waals surface area contributed by atoms with Crippen LogP contribution in [0.25, 0.3) is 5.57 Å². The Labute approximate surface area is 105 Å². The normalized spacial score (nSPS) is 16.2. The van der Waals surface area contributed by atoms with Crippen molar-refractivity contribution >= 4 is 21.4 Å². The van der Waals surface area contributed by atoms with Gasteiger partial charge in [0.25, 0.3) is 0 Å². The highest BCUT2D eigenvalue weighted by Gasteiger charge is 2.27. The van der Waals surface area contributed by atoms with Crippen LogP contribution < -0.4 is 5.32 Å². The maximum Gasteiger partial charge on any atom is 0.335 e. The minimum absolute atomic E-state index is 0.0181. The van der Waals surface area contributed by atoms with Crippen molar-refractivity contribution in [2.24, 2.45) is 0 Å². The van der Waals surface area contributed by atoms with Gasteiger partial charge in [0.15, 0.2) is 0 Å². The number of rotatable bonds is 4. The Bertz CT molecular complexity index is 631. The van der Waals surface area contributed by atoms with E-state index in [0.29, 0.717) is 17.7 Å². The van der Waals surface area contributed by atoms with Crippen LogP contribution in [-0.4, -0.2) is 32.6 Å². The number of carboxylic acid groups (broad SMARTS) is 1. The first kappa shape index (κ1) is 12.8. The third-order valence-electron chi connectivity index (χ3n) is 2.74. The predicted molar refractivity (Wildman–Crippen MR) is 67.1 cm³/mol. The number of sulfone groups is 1. The minimum atomic E-state index is -3.51. The smallest absolute Gasteiger partial charge is 0.335 e. The maximum atomic E-state index is 11.9. The number of hydrogen-bond donors (Lipinski definition) is 2. The number of hydrogen-bond acceptors (Lipinski definition) is 4. The third kappa shape index (κ3) is 2.16. The predicted octanol–water partition coefficient (Wildman–Crippen LogP) is 1.12. The first-order valence-electron chi connectivity index (χ1n) is 5.50. The number of carbonyl (C=O) groups is 1. The highest BCUT2D eigenvalue weighted by molar-refractivity contribution is 7.95. The molecule has 6 heteroatoms. The van der Waals surface area contributed by atoms with Crippen molar-refractivity contribution < 1.29 is 18.3 Å². The summed E-state index contributed by atoms with van der Waals surface area (Å²) in [7, 11) is -3.51. The van der Waals surface area contributed by atoms with Crippen LogP contribution in [-0.2, 0) is 9.84 Å². The summed E-state index contributed by atoms with van der Waals surface area (Å²) in [5.74, 6) is -1.13. The summed E-state index contributed by atoms with van der Waals surface area (Å²) in [5, 5.41) is 13.1. The van der Waals surface area contributed by atoms with Gasteiger partial charge in [-0.05, 0) is 29.8 Å². The molecule has 1 heterocycles. The maximum absolute atomic E-state index is 11.9. The molecule has 0 fully saturated rings. The van der Waals surface area contributed by atoms with Gasteiger partial charge in [-0.15, -0.1) is 0 Å². The fourth-order valence-electron chi connectivity index (χ4n) is 1.87. The lowest BCUT2D eigenvalue weighted by Gasteiger charge is -2.05. The number of benzene rings is 1. The molecule has 1 aromatic rings. The molecule has 0 spiro atoms. The fourth-order valence-corrected chi connectivity index (χ4v) is 3.38. The Morgan fingerprint density at radius 3 is 2.72 bits per heavy atom. The molecule has 0 aliphatic carbocycles. The van der Waals surface area contributed by atoms with E-state index < -0.39 is 15.8 Å². The van der Waals surface area contributed by atoms with E-state index in [9.17, 15) is 13.2 Å². The molecule has 0 radical (unpaired) electrons. The van der Waals surface area contributed by atoms with Crippen LogP contribution in [0.2, 0.25) is 0 Å². The molecule has 0 aromatic heterocycles. The zero-order valence-electron chi connectivity index (χ0n) is 9.80. The molecule has 5 nitrogen and oxygen atoms in total. The van der Waals surface area contributed by atoms with E-state index in [4.69, 9.17) is 5.11 Å². The fraction of sp³-hybridized carbons (Fsp3) is 0.250. The second kappa shape index (κ2) is 4.55. The van der Waals surface area contributed by atoms with Gasteiger partial charge in [0.2, 0.25) is 9.84 Å². The number of nitrogens with one attached hydrogen (secondary N) is 1. The second-order valence-electron chi connectivity index (χ2n) is 3.98. The monoisotopic (exact) mass is 267 g/mol. The van der Waals surface area contributed by atoms with Gasteiger partial charge in [-0.25, -0.2) is 13.2 Å². The van der Waals surface area contributed by atoms with Gasteiger partial charge >= 0.3 is 5.97 Å². The molecular formula is C12H13NO4S. The summed E-state index contributed by atoms with van der Waals surface area (Å²) in [6.45, 7) is 3.12. The third-order valence-corrected chi connectivity index (χ3v) is 4.29. The SMILES string of the molecule is CCNCC1=CS(=O)(=O)c2cc(C(=O)O)ccc21. The number of aromatic carboxylic acids is 1. The van der Waals surface area contributed by atoms with Gasteiger partial charge in [-0.1, -0.05) is 13.0 Å². The Hall–Kier alpha value is -1.66. The molecule has 18 heavy (non-hydrogen) atoms. The van der Waals surface area contributed by atoms with Crippen LogP contribution in [0.3, 0.4) is 0 Å². The second-order valence-corrected chi connectivity index (χ2v) is 5.75. The first-order chi connectivity index (χ1) is 8.45. The van der Waals surface area contributed by atoms with Crippen molar-refractivity contribution in [1.82, 2.24) is 5.32 Å². The summed E-state index contributed by atoms with van der Waals surface area (Å²) < 4.78 is 23.8. The molecule has 0 unspecified atom stereocenters. The van der Waals surface area contributed by atoms with Crippen molar-refractivity contribution in [1.29, 1.82) is 0 Å². The van der Waals surface area contributed by atoms with Crippen LogP contribution in [0.5, 0.6) is 0 Å². The number of likely N-dealkylation sites (N-methyl/N-ethyl adjacent to an activating group) is 1. The lowest BCUT2D eigenvalue weighted by Crippen LogP contribution is -2.14. The summed E-state index contributed by atoms with van der Waals surface area (Å²) in [5.41, 5.74) is 1.24. The van der Waals surface area contributed by atoms with Crippen molar-refractivity contribution in [2.75, 3.05) is 13.1 Å². The van der Waals surface area contributed by atoms with E-state index >= 15 is 0 Å². The van der Waals surface area contributed by atoms with Gasteiger partial charge in [0, 0.05) is 12.0 Å². The molecule has 2 rings (SSSR count). The lowest BCUT2D eigenvalue weighted by atomic mass is 10.1. The van der Waals surface area contributed by atoms with Crippen molar-refractivity contribution in [3.8, 4) is 0 Å². The molecule has 0 saturated heterocycles. The summed E-state index contributed by atoms with van der Waals surface area (Å²) in [6, 6.07) is 4.18. The van der Waals surface area contributed by atoms with E-state index in [1.807, 2.05) is 6.92 Å². The molecule has 0 bridgehead atoms. The van der Waals surface area contributed by atoms with Crippen molar-refractivity contribution in [3.63, 3.8) is 0 Å². The van der Waals surface area contributed by atoms with E-state index in [1.54, 1.807) is 6.07 Å². The van der Waals surface area contributed by atoms with E-state index in [1.165, 1.54) is 17.5 Å². The molecular weight excluding hydrogens is 254 g/mol. The highest BCUT2D eigenvalue weighted by atomic mass is 32.2. The zero-order valence-corrected chi connectivity index (χ0v) is 10.6. The minimum Gasteiger partial charge on any atom is -0.478 e. The van der Waals surface area contributed by atoms with E-state index in [2.05, 4.69) is 5.32 Å². The van der Waals surface area contributed by atoms with E-state index in [0.717, 1.165) is 6.54 Å². The lowest BCUT2D eigenvalue weighted by molar-refractivity contribution is 0.0696. The largest absolute Gasteiger partial charge is 0.478 e. The Kier molecular flexibility index (Phi) is 3.23. The topological polar surface area (TPSA) is 83.5 Å². The quantitative estimate of drug-likeness (QED) is 0.854. The molecule has 2 N–H and O–H groups in total. The van der Waals surface area contributed by atoms with Gasteiger partial charge in [0.05, 0.1) is 10.5 Å². The number of carboxylic acids is 1. The molecule has 96 valence electrons. The summed E-state index contributed by atoms with van der Waals surface area (Å²) >= 11 is 0. The van der Waals surface area contributed by atoms with Gasteiger partial charge < -0.3 is 10.4 Å². The first-order valence-corrected chi connectivity index (χ1v) is 7.04. The summed E-state index contributed by atoms with van der Waals surface area (Å²) in [6.07, 6.45) is 0. The van der Waals surface area contributed by atoms with Crippen LogP contribution >= 0.6 is 0 Å². The van der Waals surface area contributed by atoms with Crippen LogP contribution in [0.1, 0.15) is 22.8 Å². The highest BCUT2D eigenvalue weighted by Crippen LogP contribution is 2.33. The molecule has 0 atom stereocenters. The average molecular weight is 267 g/mol. The van der Waals surface area contributed by atoms with Gasteiger partial charge in [-0.3, -0.25) is 0 Å². The Balaban J connectivity index is 2.49. The molecule has 1 aromatic carbocycles. The molecule has 0 amide bonds. The molecule has 0 saturated carbocycles.